The van der Waals surface area contributed by atoms with Gasteiger partial charge in [0.1, 0.15) is 0 Å². The third-order valence-electron chi connectivity index (χ3n) is 3.94. The SMILES string of the molecule is CCCCOC(=O)NC1CCN(Cc2cccc(Br)c2)CC1. The number of nitrogens with one attached hydrogen (secondary N) is 1. The number of rotatable bonds is 6. The maximum absolute atomic E-state index is 11.6. The monoisotopic (exact) mass is 368 g/mol. The molecule has 0 saturated carbocycles. The van der Waals surface area contributed by atoms with Gasteiger partial charge in [-0.25, -0.2) is 4.79 Å². The molecule has 1 aromatic rings. The van der Waals surface area contributed by atoms with Crippen LogP contribution in [0.4, 0.5) is 4.79 Å². The first-order valence-electron chi connectivity index (χ1n) is 8.07. The van der Waals surface area contributed by atoms with E-state index in [-0.39, 0.29) is 12.1 Å². The quantitative estimate of drug-likeness (QED) is 0.773. The molecule has 1 saturated heterocycles. The molecule has 0 unspecified atom stereocenters. The number of ether oxygens (including phenoxy) is 1. The van der Waals surface area contributed by atoms with Crippen LogP contribution in [0, 0.1) is 0 Å². The molecule has 0 aliphatic carbocycles. The van der Waals surface area contributed by atoms with Crippen molar-refractivity contribution in [2.75, 3.05) is 19.7 Å². The molecule has 1 heterocycles. The summed E-state index contributed by atoms with van der Waals surface area (Å²) in [5.41, 5.74) is 1.32. The molecular formula is C17H25BrN2O2. The van der Waals surface area contributed by atoms with Gasteiger partial charge in [-0.1, -0.05) is 41.4 Å². The van der Waals surface area contributed by atoms with Crippen LogP contribution in [0.15, 0.2) is 28.7 Å². The minimum Gasteiger partial charge on any atom is -0.450 e. The molecule has 1 aromatic carbocycles. The van der Waals surface area contributed by atoms with Crippen LogP contribution in [-0.4, -0.2) is 36.7 Å². The highest BCUT2D eigenvalue weighted by atomic mass is 79.9. The van der Waals surface area contributed by atoms with Gasteiger partial charge >= 0.3 is 6.09 Å². The average Bonchev–Trinajstić information content (AvgIpc) is 2.50. The summed E-state index contributed by atoms with van der Waals surface area (Å²) in [6.07, 6.45) is 3.67. The molecule has 1 fully saturated rings. The van der Waals surface area contributed by atoms with Crippen LogP contribution < -0.4 is 5.32 Å². The number of carbonyl (C=O) groups is 1. The van der Waals surface area contributed by atoms with Gasteiger partial charge in [0, 0.05) is 30.1 Å². The van der Waals surface area contributed by atoms with Crippen molar-refractivity contribution >= 4 is 22.0 Å². The van der Waals surface area contributed by atoms with Crippen LogP contribution in [0.25, 0.3) is 0 Å². The highest BCUT2D eigenvalue weighted by molar-refractivity contribution is 9.10. The number of carbonyl (C=O) groups excluding carboxylic acids is 1. The summed E-state index contributed by atoms with van der Waals surface area (Å²) < 4.78 is 6.27. The summed E-state index contributed by atoms with van der Waals surface area (Å²) in [5.74, 6) is 0. The van der Waals surface area contributed by atoms with Crippen molar-refractivity contribution < 1.29 is 9.53 Å². The van der Waals surface area contributed by atoms with E-state index in [4.69, 9.17) is 4.74 Å². The van der Waals surface area contributed by atoms with E-state index in [0.29, 0.717) is 6.61 Å². The molecule has 1 aliphatic rings. The fourth-order valence-corrected chi connectivity index (χ4v) is 3.09. The standard InChI is InChI=1S/C17H25BrN2O2/c1-2-3-11-22-17(21)19-16-7-9-20(10-8-16)13-14-5-4-6-15(18)12-14/h4-6,12,16H,2-3,7-11,13H2,1H3,(H,19,21). The summed E-state index contributed by atoms with van der Waals surface area (Å²) in [6.45, 7) is 5.58. The number of unbranched alkanes of at least 4 members (excludes halogenated alkanes) is 1. The summed E-state index contributed by atoms with van der Waals surface area (Å²) in [6, 6.07) is 8.67. The summed E-state index contributed by atoms with van der Waals surface area (Å²) >= 11 is 3.51. The molecular weight excluding hydrogens is 344 g/mol. The normalized spacial score (nSPS) is 16.5. The topological polar surface area (TPSA) is 41.6 Å². The second kappa shape index (κ2) is 9.16. The Balaban J connectivity index is 1.68. The number of hydrogen-bond donors (Lipinski definition) is 1. The Morgan fingerprint density at radius 3 is 2.86 bits per heavy atom. The molecule has 1 N–H and O–H groups in total. The number of alkyl carbamates (subject to hydrolysis) is 1. The zero-order valence-corrected chi connectivity index (χ0v) is 14.8. The summed E-state index contributed by atoms with van der Waals surface area (Å²) in [5, 5.41) is 2.98. The number of halogens is 1. The van der Waals surface area contributed by atoms with Crippen LogP contribution in [0.3, 0.4) is 0 Å². The lowest BCUT2D eigenvalue weighted by Gasteiger charge is -2.32. The van der Waals surface area contributed by atoms with E-state index >= 15 is 0 Å². The van der Waals surface area contributed by atoms with E-state index in [1.54, 1.807) is 0 Å². The van der Waals surface area contributed by atoms with Crippen LogP contribution in [0.5, 0.6) is 0 Å². The van der Waals surface area contributed by atoms with E-state index in [0.717, 1.165) is 49.8 Å². The van der Waals surface area contributed by atoms with Gasteiger partial charge in [0.2, 0.25) is 0 Å². The van der Waals surface area contributed by atoms with Crippen LogP contribution in [0.2, 0.25) is 0 Å². The lowest BCUT2D eigenvalue weighted by Crippen LogP contribution is -2.44. The highest BCUT2D eigenvalue weighted by Gasteiger charge is 2.21. The molecule has 4 nitrogen and oxygen atoms in total. The smallest absolute Gasteiger partial charge is 0.407 e. The first kappa shape index (κ1) is 17.3. The Bertz CT molecular complexity index is 473. The van der Waals surface area contributed by atoms with Gasteiger partial charge in [-0.15, -0.1) is 0 Å². The molecule has 0 bridgehead atoms. The number of hydrogen-bond acceptors (Lipinski definition) is 3. The predicted molar refractivity (Wildman–Crippen MR) is 91.8 cm³/mol. The lowest BCUT2D eigenvalue weighted by atomic mass is 10.0. The Kier molecular flexibility index (Phi) is 7.19. The van der Waals surface area contributed by atoms with Crippen LogP contribution >= 0.6 is 15.9 Å². The predicted octanol–water partition coefficient (Wildman–Crippen LogP) is 3.94. The maximum atomic E-state index is 11.6. The van der Waals surface area contributed by atoms with Crippen molar-refractivity contribution in [3.8, 4) is 0 Å². The largest absolute Gasteiger partial charge is 0.450 e. The number of piperidine rings is 1. The fourth-order valence-electron chi connectivity index (χ4n) is 2.65. The molecule has 0 aromatic heterocycles. The first-order valence-corrected chi connectivity index (χ1v) is 8.86. The Morgan fingerprint density at radius 2 is 2.18 bits per heavy atom. The van der Waals surface area contributed by atoms with Crippen molar-refractivity contribution in [3.63, 3.8) is 0 Å². The molecule has 0 radical (unpaired) electrons. The molecule has 22 heavy (non-hydrogen) atoms. The minimum absolute atomic E-state index is 0.243. The molecule has 1 aliphatic heterocycles. The third kappa shape index (κ3) is 5.97. The average molecular weight is 369 g/mol. The minimum atomic E-state index is -0.265. The Labute approximate surface area is 141 Å². The number of benzene rings is 1. The third-order valence-corrected chi connectivity index (χ3v) is 4.43. The zero-order chi connectivity index (χ0) is 15.8. The molecule has 2 rings (SSSR count). The van der Waals surface area contributed by atoms with Crippen LogP contribution in [-0.2, 0) is 11.3 Å². The van der Waals surface area contributed by atoms with Gasteiger partial charge in [-0.2, -0.15) is 0 Å². The highest BCUT2D eigenvalue weighted by Crippen LogP contribution is 2.17. The molecule has 1 amide bonds. The van der Waals surface area contributed by atoms with Crippen LogP contribution in [0.1, 0.15) is 38.2 Å². The Morgan fingerprint density at radius 1 is 1.41 bits per heavy atom. The molecule has 5 heteroatoms. The zero-order valence-electron chi connectivity index (χ0n) is 13.2. The van der Waals surface area contributed by atoms with Crippen molar-refractivity contribution in [2.45, 2.75) is 45.2 Å². The van der Waals surface area contributed by atoms with Gasteiger partial charge in [0.05, 0.1) is 6.61 Å². The number of nitrogens with zero attached hydrogens (tertiary/aromatic N) is 1. The maximum Gasteiger partial charge on any atom is 0.407 e. The van der Waals surface area contributed by atoms with Crippen molar-refractivity contribution in [1.29, 1.82) is 0 Å². The van der Waals surface area contributed by atoms with Crippen molar-refractivity contribution in [3.05, 3.63) is 34.3 Å². The Hall–Kier alpha value is -1.07. The second-order valence-corrected chi connectivity index (χ2v) is 6.73. The van der Waals surface area contributed by atoms with Gasteiger partial charge < -0.3 is 10.1 Å². The van der Waals surface area contributed by atoms with Crippen molar-refractivity contribution in [2.24, 2.45) is 0 Å². The number of likely N-dealkylation sites (tertiary alicyclic amines) is 1. The van der Waals surface area contributed by atoms with Gasteiger partial charge in [-0.3, -0.25) is 4.90 Å². The van der Waals surface area contributed by atoms with E-state index in [1.165, 1.54) is 5.56 Å². The second-order valence-electron chi connectivity index (χ2n) is 5.81. The van der Waals surface area contributed by atoms with E-state index < -0.39 is 0 Å². The van der Waals surface area contributed by atoms with Gasteiger partial charge in [-0.05, 0) is 37.0 Å². The fraction of sp³-hybridized carbons (Fsp3) is 0.588. The van der Waals surface area contributed by atoms with Crippen molar-refractivity contribution in [1.82, 2.24) is 10.2 Å². The lowest BCUT2D eigenvalue weighted by molar-refractivity contribution is 0.130. The van der Waals surface area contributed by atoms with Gasteiger partial charge in [0.25, 0.3) is 0 Å². The molecule has 0 spiro atoms. The van der Waals surface area contributed by atoms with Gasteiger partial charge in [0.15, 0.2) is 0 Å². The van der Waals surface area contributed by atoms with E-state index in [9.17, 15) is 4.79 Å². The number of amides is 1. The molecule has 122 valence electrons. The molecule has 0 atom stereocenters. The van der Waals surface area contributed by atoms with E-state index in [2.05, 4.69) is 51.3 Å². The summed E-state index contributed by atoms with van der Waals surface area (Å²) in [7, 11) is 0. The van der Waals surface area contributed by atoms with E-state index in [1.807, 2.05) is 6.07 Å². The first-order chi connectivity index (χ1) is 10.7. The summed E-state index contributed by atoms with van der Waals surface area (Å²) in [4.78, 5) is 14.1.